The number of carbonyl (C=O) groups excluding carboxylic acids is 1. The van der Waals surface area contributed by atoms with Gasteiger partial charge in [0.15, 0.2) is 0 Å². The van der Waals surface area contributed by atoms with Crippen molar-refractivity contribution in [2.24, 2.45) is 0 Å². The lowest BCUT2D eigenvalue weighted by Crippen LogP contribution is -2.34. The first-order valence-electron chi connectivity index (χ1n) is 10.1. The maximum atomic E-state index is 13.3. The topological polar surface area (TPSA) is 77.7 Å². The first-order chi connectivity index (χ1) is 15.2. The molecule has 6 nitrogen and oxygen atoms in total. The molecule has 0 saturated heterocycles. The van der Waals surface area contributed by atoms with Crippen LogP contribution in [0.15, 0.2) is 36.4 Å². The molecule has 1 aromatic heterocycles. The van der Waals surface area contributed by atoms with E-state index in [2.05, 4.69) is 4.98 Å². The zero-order chi connectivity index (χ0) is 22.6. The van der Waals surface area contributed by atoms with Crippen LogP contribution in [0.4, 0.5) is 19.0 Å². The summed E-state index contributed by atoms with van der Waals surface area (Å²) >= 11 is 0. The fourth-order valence-electron chi connectivity index (χ4n) is 4.40. The molecule has 166 valence electrons. The molecule has 0 radical (unpaired) electrons. The molecule has 1 atom stereocenters. The summed E-state index contributed by atoms with van der Waals surface area (Å²) in [5, 5.41) is 0.813. The standard InChI is InChI=1S/C23H20F3N3O3/c1-29(19-6-7-32-20-9-13(23(24,25)26)3-4-14(19)20)22(30)12-2-5-18-15(8-12)16-10-31-11-17(16)21(27)28-18/h2-5,8-9,19H,6-7,10-11H2,1H3,(H2,27,28)/t19-/m0/s1. The number of nitrogens with two attached hydrogens (primary N) is 1. The third kappa shape index (κ3) is 3.33. The average molecular weight is 443 g/mol. The fraction of sp³-hybridized carbons (Fsp3) is 0.304. The summed E-state index contributed by atoms with van der Waals surface area (Å²) in [5.41, 5.74) is 8.72. The van der Waals surface area contributed by atoms with Crippen LogP contribution in [0, 0.1) is 0 Å². The molecule has 9 heteroatoms. The number of hydrogen-bond donors (Lipinski definition) is 1. The quantitative estimate of drug-likeness (QED) is 0.633. The highest BCUT2D eigenvalue weighted by molar-refractivity contribution is 5.99. The lowest BCUT2D eigenvalue weighted by molar-refractivity contribution is -0.137. The van der Waals surface area contributed by atoms with E-state index in [-0.39, 0.29) is 18.3 Å². The Kier molecular flexibility index (Phi) is 4.74. The Balaban J connectivity index is 1.48. The third-order valence-corrected chi connectivity index (χ3v) is 6.11. The average Bonchev–Trinajstić information content (AvgIpc) is 3.28. The van der Waals surface area contributed by atoms with Crippen molar-refractivity contribution in [3.8, 4) is 5.75 Å². The van der Waals surface area contributed by atoms with Crippen molar-refractivity contribution in [1.82, 2.24) is 9.88 Å². The second-order valence-electron chi connectivity index (χ2n) is 8.00. The van der Waals surface area contributed by atoms with Gasteiger partial charge in [0, 0.05) is 35.5 Å². The SMILES string of the molecule is CN(C(=O)c1ccc2nc(N)c3c(c2c1)COC3)[C@H]1CCOc2cc(C(F)(F)F)ccc21. The number of rotatable bonds is 2. The number of benzene rings is 2. The van der Waals surface area contributed by atoms with Gasteiger partial charge in [-0.25, -0.2) is 4.98 Å². The van der Waals surface area contributed by atoms with Gasteiger partial charge < -0.3 is 20.1 Å². The number of aromatic nitrogens is 1. The maximum absolute atomic E-state index is 13.3. The van der Waals surface area contributed by atoms with Crippen molar-refractivity contribution in [3.63, 3.8) is 0 Å². The number of carbonyl (C=O) groups is 1. The number of alkyl halides is 3. The summed E-state index contributed by atoms with van der Waals surface area (Å²) in [6.45, 7) is 1.02. The number of anilines is 1. The molecule has 2 aliphatic heterocycles. The highest BCUT2D eigenvalue weighted by atomic mass is 19.4. The van der Waals surface area contributed by atoms with Crippen LogP contribution in [0.1, 0.15) is 45.1 Å². The largest absolute Gasteiger partial charge is 0.493 e. The number of nitrogens with zero attached hydrogens (tertiary/aromatic N) is 2. The Morgan fingerprint density at radius 3 is 2.72 bits per heavy atom. The Bertz CT molecular complexity index is 1240. The fourth-order valence-corrected chi connectivity index (χ4v) is 4.40. The molecule has 2 N–H and O–H groups in total. The van der Waals surface area contributed by atoms with Crippen LogP contribution in [0.3, 0.4) is 0 Å². The summed E-state index contributed by atoms with van der Waals surface area (Å²) in [6, 6.07) is 8.22. The number of pyridine rings is 1. The van der Waals surface area contributed by atoms with Gasteiger partial charge in [-0.1, -0.05) is 6.07 Å². The molecule has 0 saturated carbocycles. The summed E-state index contributed by atoms with van der Waals surface area (Å²) in [6.07, 6.45) is -3.98. The van der Waals surface area contributed by atoms with Gasteiger partial charge in [0.25, 0.3) is 5.91 Å². The Labute approximate surface area is 181 Å². The monoisotopic (exact) mass is 443 g/mol. The van der Waals surface area contributed by atoms with Crippen molar-refractivity contribution < 1.29 is 27.4 Å². The zero-order valence-corrected chi connectivity index (χ0v) is 17.2. The molecule has 1 amide bonds. The molecule has 2 aromatic carbocycles. The van der Waals surface area contributed by atoms with Crippen molar-refractivity contribution in [3.05, 3.63) is 64.2 Å². The Morgan fingerprint density at radius 1 is 1.16 bits per heavy atom. The molecule has 0 aliphatic carbocycles. The predicted octanol–water partition coefficient (Wildman–Crippen LogP) is 4.46. The first kappa shape index (κ1) is 20.6. The first-order valence-corrected chi connectivity index (χ1v) is 10.1. The molecule has 0 spiro atoms. The zero-order valence-electron chi connectivity index (χ0n) is 17.2. The van der Waals surface area contributed by atoms with Gasteiger partial charge in [-0.3, -0.25) is 4.79 Å². The number of nitrogen functional groups attached to an aromatic ring is 1. The number of ether oxygens (including phenoxy) is 2. The molecular weight excluding hydrogens is 423 g/mol. The minimum absolute atomic E-state index is 0.156. The van der Waals surface area contributed by atoms with E-state index in [9.17, 15) is 18.0 Å². The van der Waals surface area contributed by atoms with Crippen LogP contribution < -0.4 is 10.5 Å². The van der Waals surface area contributed by atoms with Crippen molar-refractivity contribution >= 4 is 22.6 Å². The van der Waals surface area contributed by atoms with Crippen LogP contribution in [-0.4, -0.2) is 29.4 Å². The molecule has 32 heavy (non-hydrogen) atoms. The number of amides is 1. The molecule has 2 aliphatic rings. The van der Waals surface area contributed by atoms with E-state index >= 15 is 0 Å². The molecular formula is C23H20F3N3O3. The van der Waals surface area contributed by atoms with Gasteiger partial charge in [-0.2, -0.15) is 13.2 Å². The Hall–Kier alpha value is -3.33. The summed E-state index contributed by atoms with van der Waals surface area (Å²) in [7, 11) is 1.65. The van der Waals surface area contributed by atoms with Crippen LogP contribution in [0.2, 0.25) is 0 Å². The third-order valence-electron chi connectivity index (χ3n) is 6.11. The highest BCUT2D eigenvalue weighted by Crippen LogP contribution is 2.40. The van der Waals surface area contributed by atoms with Crippen LogP contribution >= 0.6 is 0 Å². The lowest BCUT2D eigenvalue weighted by Gasteiger charge is -2.33. The van der Waals surface area contributed by atoms with Gasteiger partial charge in [-0.15, -0.1) is 0 Å². The van der Waals surface area contributed by atoms with Gasteiger partial charge in [-0.05, 0) is 35.9 Å². The van der Waals surface area contributed by atoms with E-state index in [1.54, 1.807) is 30.1 Å². The lowest BCUT2D eigenvalue weighted by atomic mass is 9.96. The molecule has 0 unspecified atom stereocenters. The van der Waals surface area contributed by atoms with Crippen LogP contribution in [0.5, 0.6) is 5.75 Å². The van der Waals surface area contributed by atoms with Crippen molar-refractivity contribution in [2.45, 2.75) is 31.9 Å². The summed E-state index contributed by atoms with van der Waals surface area (Å²) < 4.78 is 50.2. The Morgan fingerprint density at radius 2 is 1.94 bits per heavy atom. The van der Waals surface area contributed by atoms with Crippen molar-refractivity contribution in [2.75, 3.05) is 19.4 Å². The molecule has 3 aromatic rings. The van der Waals surface area contributed by atoms with E-state index in [0.717, 1.165) is 28.6 Å². The molecule has 0 bridgehead atoms. The normalized spacial score (nSPS) is 17.6. The van der Waals surface area contributed by atoms with Crippen LogP contribution in [-0.2, 0) is 24.1 Å². The molecule has 3 heterocycles. The minimum Gasteiger partial charge on any atom is -0.493 e. The van der Waals surface area contributed by atoms with Crippen LogP contribution in [0.25, 0.3) is 10.9 Å². The number of fused-ring (bicyclic) bond motifs is 4. The second-order valence-corrected chi connectivity index (χ2v) is 8.00. The van der Waals surface area contributed by atoms with E-state index < -0.39 is 17.8 Å². The minimum atomic E-state index is -4.46. The van der Waals surface area contributed by atoms with E-state index in [4.69, 9.17) is 15.2 Å². The van der Waals surface area contributed by atoms with Gasteiger partial charge in [0.2, 0.25) is 0 Å². The number of halogens is 3. The highest BCUT2D eigenvalue weighted by Gasteiger charge is 2.34. The van der Waals surface area contributed by atoms with Crippen molar-refractivity contribution in [1.29, 1.82) is 0 Å². The van der Waals surface area contributed by atoms with Gasteiger partial charge in [0.1, 0.15) is 11.6 Å². The molecule has 5 rings (SSSR count). The maximum Gasteiger partial charge on any atom is 0.416 e. The van der Waals surface area contributed by atoms with Gasteiger partial charge in [0.05, 0.1) is 36.9 Å². The van der Waals surface area contributed by atoms with E-state index in [1.807, 2.05) is 0 Å². The van der Waals surface area contributed by atoms with E-state index in [1.165, 1.54) is 6.07 Å². The smallest absolute Gasteiger partial charge is 0.416 e. The van der Waals surface area contributed by atoms with E-state index in [0.29, 0.717) is 42.1 Å². The summed E-state index contributed by atoms with van der Waals surface area (Å²) in [5.74, 6) is 0.344. The van der Waals surface area contributed by atoms with Gasteiger partial charge >= 0.3 is 6.18 Å². The summed E-state index contributed by atoms with van der Waals surface area (Å²) in [4.78, 5) is 19.3. The predicted molar refractivity (Wildman–Crippen MR) is 111 cm³/mol. The molecule has 0 fully saturated rings. The number of hydrogen-bond acceptors (Lipinski definition) is 5. The second kappa shape index (κ2) is 7.37.